The average Bonchev–Trinajstić information content (AvgIpc) is 2.84. The fourth-order valence-electron chi connectivity index (χ4n) is 3.54. The van der Waals surface area contributed by atoms with Gasteiger partial charge in [-0.25, -0.2) is 9.18 Å². The summed E-state index contributed by atoms with van der Waals surface area (Å²) in [5.74, 6) is -2.80. The summed E-state index contributed by atoms with van der Waals surface area (Å²) in [5, 5.41) is 2.78. The molecular formula is C22H25F3N6O3. The third-order valence-electron chi connectivity index (χ3n) is 5.40. The van der Waals surface area contributed by atoms with E-state index in [1.807, 2.05) is 12.3 Å². The summed E-state index contributed by atoms with van der Waals surface area (Å²) >= 11 is 0. The Balaban J connectivity index is 1.65. The second kappa shape index (κ2) is 11.5. The van der Waals surface area contributed by atoms with E-state index >= 15 is 0 Å². The molecule has 12 heteroatoms. The summed E-state index contributed by atoms with van der Waals surface area (Å²) in [4.78, 5) is 43.9. The monoisotopic (exact) mass is 478 g/mol. The maximum Gasteiger partial charge on any atom is 0.322 e. The maximum absolute atomic E-state index is 13.1. The molecule has 0 aliphatic carbocycles. The van der Waals surface area contributed by atoms with Crippen molar-refractivity contribution < 1.29 is 27.6 Å². The Morgan fingerprint density at radius 3 is 2.44 bits per heavy atom. The number of urea groups is 1. The quantitative estimate of drug-likeness (QED) is 0.551. The standard InChI is InChI=1S/C22H25F3N6O3/c1-2-30-9-10-31(22(34)27-16-7-4-15(23)5-8-16)18(13-30)11-17-6-3-14(12-26-17)20(32)28-29-21(33)19(24)25/h3-8,12,18-19H,2,9-11,13H2,1H3,(H,27,34)(H,28,32)(H,29,33). The number of aromatic nitrogens is 1. The maximum atomic E-state index is 13.1. The van der Waals surface area contributed by atoms with Gasteiger partial charge < -0.3 is 10.2 Å². The minimum atomic E-state index is -3.25. The van der Waals surface area contributed by atoms with Crippen molar-refractivity contribution in [3.05, 3.63) is 59.7 Å². The molecule has 2 aromatic rings. The van der Waals surface area contributed by atoms with Crippen LogP contribution in [0.15, 0.2) is 42.6 Å². The average molecular weight is 478 g/mol. The minimum Gasteiger partial charge on any atom is -0.319 e. The van der Waals surface area contributed by atoms with Crippen molar-refractivity contribution in [2.45, 2.75) is 25.8 Å². The zero-order valence-corrected chi connectivity index (χ0v) is 18.4. The van der Waals surface area contributed by atoms with E-state index in [9.17, 15) is 27.6 Å². The number of pyridine rings is 1. The summed E-state index contributed by atoms with van der Waals surface area (Å²) in [6.45, 7) is 4.68. The lowest BCUT2D eigenvalue weighted by atomic mass is 10.1. The van der Waals surface area contributed by atoms with Crippen molar-refractivity contribution in [3.63, 3.8) is 0 Å². The summed E-state index contributed by atoms with van der Waals surface area (Å²) < 4.78 is 37.6. The van der Waals surface area contributed by atoms with Crippen LogP contribution in [0.25, 0.3) is 0 Å². The molecule has 0 spiro atoms. The van der Waals surface area contributed by atoms with Gasteiger partial charge in [-0.05, 0) is 42.9 Å². The van der Waals surface area contributed by atoms with Crippen LogP contribution in [0.2, 0.25) is 0 Å². The second-order valence-corrected chi connectivity index (χ2v) is 7.66. The zero-order chi connectivity index (χ0) is 24.7. The topological polar surface area (TPSA) is 107 Å². The number of nitrogens with one attached hydrogen (secondary N) is 3. The highest BCUT2D eigenvalue weighted by atomic mass is 19.3. The molecular weight excluding hydrogens is 453 g/mol. The van der Waals surface area contributed by atoms with Crippen LogP contribution in [0.1, 0.15) is 23.0 Å². The molecule has 0 bridgehead atoms. The molecule has 34 heavy (non-hydrogen) atoms. The molecule has 182 valence electrons. The largest absolute Gasteiger partial charge is 0.322 e. The van der Waals surface area contributed by atoms with Crippen LogP contribution >= 0.6 is 0 Å². The number of piperazine rings is 1. The van der Waals surface area contributed by atoms with Gasteiger partial charge in [-0.2, -0.15) is 8.78 Å². The van der Waals surface area contributed by atoms with Crippen molar-refractivity contribution >= 4 is 23.5 Å². The van der Waals surface area contributed by atoms with Crippen LogP contribution in [0, 0.1) is 5.82 Å². The van der Waals surface area contributed by atoms with Crippen molar-refractivity contribution in [2.24, 2.45) is 0 Å². The van der Waals surface area contributed by atoms with Crippen LogP contribution in [0.4, 0.5) is 23.7 Å². The first-order valence-corrected chi connectivity index (χ1v) is 10.7. The lowest BCUT2D eigenvalue weighted by molar-refractivity contribution is -0.132. The van der Waals surface area contributed by atoms with E-state index in [2.05, 4.69) is 15.2 Å². The molecule has 0 saturated carbocycles. The van der Waals surface area contributed by atoms with Gasteiger partial charge in [0.25, 0.3) is 5.91 Å². The van der Waals surface area contributed by atoms with Crippen molar-refractivity contribution in [1.82, 2.24) is 25.6 Å². The predicted octanol–water partition coefficient (Wildman–Crippen LogP) is 2.03. The number of rotatable bonds is 6. The third-order valence-corrected chi connectivity index (χ3v) is 5.40. The van der Waals surface area contributed by atoms with Crippen LogP contribution in [-0.4, -0.2) is 71.3 Å². The van der Waals surface area contributed by atoms with Gasteiger partial charge in [0.2, 0.25) is 0 Å². The SMILES string of the molecule is CCN1CCN(C(=O)Nc2ccc(F)cc2)C(Cc2ccc(C(=O)NNC(=O)C(F)F)cn2)C1. The van der Waals surface area contributed by atoms with Crippen molar-refractivity contribution in [1.29, 1.82) is 0 Å². The molecule has 9 nitrogen and oxygen atoms in total. The number of amides is 4. The van der Waals surface area contributed by atoms with Crippen LogP contribution in [-0.2, 0) is 11.2 Å². The summed E-state index contributed by atoms with van der Waals surface area (Å²) in [6, 6.07) is 8.05. The number of hydrazine groups is 1. The summed E-state index contributed by atoms with van der Waals surface area (Å²) in [7, 11) is 0. The highest BCUT2D eigenvalue weighted by Gasteiger charge is 2.30. The third kappa shape index (κ3) is 6.67. The molecule has 1 unspecified atom stereocenters. The number of anilines is 1. The van der Waals surface area contributed by atoms with Gasteiger partial charge >= 0.3 is 18.4 Å². The second-order valence-electron chi connectivity index (χ2n) is 7.66. The van der Waals surface area contributed by atoms with E-state index in [1.165, 1.54) is 36.5 Å². The van der Waals surface area contributed by atoms with Gasteiger partial charge in [0.1, 0.15) is 5.82 Å². The predicted molar refractivity (Wildman–Crippen MR) is 118 cm³/mol. The first kappa shape index (κ1) is 25.0. The van der Waals surface area contributed by atoms with Crippen LogP contribution in [0.5, 0.6) is 0 Å². The molecule has 1 aliphatic heterocycles. The highest BCUT2D eigenvalue weighted by molar-refractivity contribution is 5.95. The number of benzene rings is 1. The van der Waals surface area contributed by atoms with Gasteiger partial charge in [-0.1, -0.05) is 6.92 Å². The summed E-state index contributed by atoms with van der Waals surface area (Å²) in [6.07, 6.45) is -1.57. The van der Waals surface area contributed by atoms with Gasteiger partial charge in [0, 0.05) is 43.6 Å². The van der Waals surface area contributed by atoms with E-state index in [0.29, 0.717) is 37.4 Å². The molecule has 1 aliphatic rings. The molecule has 2 heterocycles. The van der Waals surface area contributed by atoms with Gasteiger partial charge in [0.05, 0.1) is 11.6 Å². The first-order valence-electron chi connectivity index (χ1n) is 10.7. The number of carbonyl (C=O) groups is 3. The van der Waals surface area contributed by atoms with E-state index < -0.39 is 24.1 Å². The van der Waals surface area contributed by atoms with E-state index in [-0.39, 0.29) is 17.6 Å². The van der Waals surface area contributed by atoms with Gasteiger partial charge in [-0.15, -0.1) is 0 Å². The highest BCUT2D eigenvalue weighted by Crippen LogP contribution is 2.17. The smallest absolute Gasteiger partial charge is 0.319 e. The molecule has 1 aromatic carbocycles. The Bertz CT molecular complexity index is 1000. The fraction of sp³-hybridized carbons (Fsp3) is 0.364. The molecule has 1 aromatic heterocycles. The number of nitrogens with zero attached hydrogens (tertiary/aromatic N) is 3. The Hall–Kier alpha value is -3.67. The molecule has 3 rings (SSSR count). The molecule has 4 amide bonds. The number of alkyl halides is 2. The molecule has 1 atom stereocenters. The lowest BCUT2D eigenvalue weighted by Crippen LogP contribution is -2.57. The van der Waals surface area contributed by atoms with E-state index in [0.717, 1.165) is 6.54 Å². The molecule has 0 radical (unpaired) electrons. The molecule has 1 saturated heterocycles. The molecule has 3 N–H and O–H groups in total. The molecule has 1 fully saturated rings. The Morgan fingerprint density at radius 2 is 1.82 bits per heavy atom. The van der Waals surface area contributed by atoms with Gasteiger partial charge in [-0.3, -0.25) is 30.3 Å². The Kier molecular flexibility index (Phi) is 8.41. The fourth-order valence-corrected chi connectivity index (χ4v) is 3.54. The van der Waals surface area contributed by atoms with E-state index in [4.69, 9.17) is 0 Å². The summed E-state index contributed by atoms with van der Waals surface area (Å²) in [5.41, 5.74) is 4.69. The minimum absolute atomic E-state index is 0.0723. The number of likely N-dealkylation sites (N-methyl/N-ethyl adjacent to an activating group) is 1. The number of hydrogen-bond acceptors (Lipinski definition) is 5. The number of carbonyl (C=O) groups excluding carboxylic acids is 3. The van der Waals surface area contributed by atoms with Crippen LogP contribution in [0.3, 0.4) is 0 Å². The number of halogens is 3. The lowest BCUT2D eigenvalue weighted by Gasteiger charge is -2.41. The normalized spacial score (nSPS) is 16.3. The zero-order valence-electron chi connectivity index (χ0n) is 18.4. The Morgan fingerprint density at radius 1 is 1.09 bits per heavy atom. The number of hydrogen-bond donors (Lipinski definition) is 3. The first-order chi connectivity index (χ1) is 16.3. The van der Waals surface area contributed by atoms with Crippen molar-refractivity contribution in [3.8, 4) is 0 Å². The van der Waals surface area contributed by atoms with Gasteiger partial charge in [0.15, 0.2) is 0 Å². The van der Waals surface area contributed by atoms with Crippen LogP contribution < -0.4 is 16.2 Å². The van der Waals surface area contributed by atoms with E-state index in [1.54, 1.807) is 16.4 Å². The Labute approximate surface area is 194 Å². The van der Waals surface area contributed by atoms with Crippen molar-refractivity contribution in [2.75, 3.05) is 31.5 Å².